The third-order valence-electron chi connectivity index (χ3n) is 5.83. The molecular formula is C23H29ClN2O4S. The summed E-state index contributed by atoms with van der Waals surface area (Å²) in [5.74, 6) is 0.944. The van der Waals surface area contributed by atoms with Crippen molar-refractivity contribution in [2.45, 2.75) is 44.2 Å². The average Bonchev–Trinajstić information content (AvgIpc) is 2.94. The lowest BCUT2D eigenvalue weighted by molar-refractivity contribution is -0.124. The van der Waals surface area contributed by atoms with E-state index in [4.69, 9.17) is 16.3 Å². The minimum Gasteiger partial charge on any atom is -0.497 e. The van der Waals surface area contributed by atoms with Crippen LogP contribution in [-0.2, 0) is 21.4 Å². The number of halogens is 1. The van der Waals surface area contributed by atoms with Crippen molar-refractivity contribution < 1.29 is 17.9 Å². The van der Waals surface area contributed by atoms with Crippen LogP contribution in [0.4, 0.5) is 0 Å². The normalized spacial score (nSPS) is 19.9. The molecule has 1 saturated heterocycles. The lowest BCUT2D eigenvalue weighted by atomic mass is 9.87. The molecule has 6 nitrogen and oxygen atoms in total. The zero-order chi connectivity index (χ0) is 22.6. The van der Waals surface area contributed by atoms with Crippen LogP contribution < -0.4 is 10.1 Å². The molecule has 2 atom stereocenters. The van der Waals surface area contributed by atoms with Gasteiger partial charge in [0.2, 0.25) is 15.9 Å². The van der Waals surface area contributed by atoms with E-state index in [-0.39, 0.29) is 23.3 Å². The molecule has 0 bridgehead atoms. The van der Waals surface area contributed by atoms with Crippen LogP contribution in [0.3, 0.4) is 0 Å². The summed E-state index contributed by atoms with van der Waals surface area (Å²) in [6, 6.07) is 12.5. The van der Waals surface area contributed by atoms with Gasteiger partial charge in [-0.2, -0.15) is 4.31 Å². The summed E-state index contributed by atoms with van der Waals surface area (Å²) in [4.78, 5) is 13.1. The zero-order valence-electron chi connectivity index (χ0n) is 18.0. The second kappa shape index (κ2) is 10.0. The Balaban J connectivity index is 2.06. The Labute approximate surface area is 189 Å². The van der Waals surface area contributed by atoms with E-state index in [1.807, 2.05) is 12.1 Å². The third-order valence-corrected chi connectivity index (χ3v) is 7.95. The van der Waals surface area contributed by atoms with E-state index in [1.165, 1.54) is 16.4 Å². The molecule has 31 heavy (non-hydrogen) atoms. The van der Waals surface area contributed by atoms with Gasteiger partial charge < -0.3 is 10.1 Å². The standard InChI is InChI=1S/C23H29ClN2O4S/c1-16(2)18-11-12-25-23(27)22(14-18)26(15-17-5-4-6-20(13-17)30-3)31(28,29)21-9-7-19(24)8-10-21/h4-10,13,16,18,22H,11-12,14-15H2,1-3H3,(H,25,27). The first kappa shape index (κ1) is 23.6. The summed E-state index contributed by atoms with van der Waals surface area (Å²) in [6.07, 6.45) is 1.30. The van der Waals surface area contributed by atoms with E-state index in [0.29, 0.717) is 29.7 Å². The molecule has 1 aliphatic heterocycles. The number of nitrogens with zero attached hydrogens (tertiary/aromatic N) is 1. The van der Waals surface area contributed by atoms with Gasteiger partial charge in [0.25, 0.3) is 0 Å². The number of hydrogen-bond donors (Lipinski definition) is 1. The van der Waals surface area contributed by atoms with Gasteiger partial charge in [0.1, 0.15) is 11.8 Å². The number of amides is 1. The number of ether oxygens (including phenoxy) is 1. The highest BCUT2D eigenvalue weighted by Gasteiger charge is 2.39. The van der Waals surface area contributed by atoms with Crippen molar-refractivity contribution in [1.29, 1.82) is 0 Å². The smallest absolute Gasteiger partial charge is 0.244 e. The molecule has 3 rings (SSSR count). The van der Waals surface area contributed by atoms with Gasteiger partial charge in [-0.1, -0.05) is 37.6 Å². The summed E-state index contributed by atoms with van der Waals surface area (Å²) in [7, 11) is -2.40. The third kappa shape index (κ3) is 5.59. The summed E-state index contributed by atoms with van der Waals surface area (Å²) >= 11 is 5.97. The van der Waals surface area contributed by atoms with Crippen molar-refractivity contribution in [1.82, 2.24) is 9.62 Å². The van der Waals surface area contributed by atoms with Gasteiger partial charge in [-0.25, -0.2) is 8.42 Å². The molecule has 2 aromatic rings. The van der Waals surface area contributed by atoms with Crippen LogP contribution in [0.15, 0.2) is 53.4 Å². The van der Waals surface area contributed by atoms with Gasteiger partial charge in [-0.15, -0.1) is 0 Å². The SMILES string of the molecule is COc1cccc(CN(C2CC(C(C)C)CCNC2=O)S(=O)(=O)c2ccc(Cl)cc2)c1. The van der Waals surface area contributed by atoms with Gasteiger partial charge in [0, 0.05) is 18.1 Å². The molecule has 0 spiro atoms. The van der Waals surface area contributed by atoms with E-state index in [2.05, 4.69) is 19.2 Å². The summed E-state index contributed by atoms with van der Waals surface area (Å²) < 4.78 is 34.0. The molecular weight excluding hydrogens is 436 g/mol. The predicted molar refractivity (Wildman–Crippen MR) is 122 cm³/mol. The zero-order valence-corrected chi connectivity index (χ0v) is 19.6. The second-order valence-electron chi connectivity index (χ2n) is 8.19. The summed E-state index contributed by atoms with van der Waals surface area (Å²) in [5.41, 5.74) is 0.745. The second-order valence-corrected chi connectivity index (χ2v) is 10.5. The van der Waals surface area contributed by atoms with Crippen LogP contribution in [0.25, 0.3) is 0 Å². The minimum atomic E-state index is -3.96. The first-order valence-corrected chi connectivity index (χ1v) is 12.2. The molecule has 2 aromatic carbocycles. The highest BCUT2D eigenvalue weighted by Crippen LogP contribution is 2.30. The maximum atomic E-state index is 13.7. The largest absolute Gasteiger partial charge is 0.497 e. The van der Waals surface area contributed by atoms with Crippen molar-refractivity contribution >= 4 is 27.5 Å². The Kier molecular flexibility index (Phi) is 7.62. The van der Waals surface area contributed by atoms with E-state index >= 15 is 0 Å². The van der Waals surface area contributed by atoms with Gasteiger partial charge in [0.15, 0.2) is 0 Å². The van der Waals surface area contributed by atoms with E-state index < -0.39 is 16.1 Å². The van der Waals surface area contributed by atoms with Crippen molar-refractivity contribution in [3.8, 4) is 5.75 Å². The highest BCUT2D eigenvalue weighted by atomic mass is 35.5. The lowest BCUT2D eigenvalue weighted by Crippen LogP contribution is -2.48. The quantitative estimate of drug-likeness (QED) is 0.669. The molecule has 1 heterocycles. The fourth-order valence-electron chi connectivity index (χ4n) is 3.92. The number of benzene rings is 2. The molecule has 1 aliphatic rings. The number of carbonyl (C=O) groups is 1. The molecule has 2 unspecified atom stereocenters. The topological polar surface area (TPSA) is 75.7 Å². The molecule has 0 saturated carbocycles. The van der Waals surface area contributed by atoms with Crippen LogP contribution in [0.1, 0.15) is 32.3 Å². The maximum Gasteiger partial charge on any atom is 0.244 e. The minimum absolute atomic E-state index is 0.0606. The van der Waals surface area contributed by atoms with Crippen LogP contribution in [-0.4, -0.2) is 38.3 Å². The molecule has 1 amide bonds. The maximum absolute atomic E-state index is 13.7. The van der Waals surface area contributed by atoms with Crippen molar-refractivity contribution in [3.63, 3.8) is 0 Å². The lowest BCUT2D eigenvalue weighted by Gasteiger charge is -2.31. The van der Waals surface area contributed by atoms with Crippen molar-refractivity contribution in [2.24, 2.45) is 11.8 Å². The van der Waals surface area contributed by atoms with Crippen LogP contribution in [0, 0.1) is 11.8 Å². The Hall–Kier alpha value is -2.09. The molecule has 8 heteroatoms. The molecule has 1 N–H and O–H groups in total. The Morgan fingerprint density at radius 2 is 1.90 bits per heavy atom. The van der Waals surface area contributed by atoms with Gasteiger partial charge in [0.05, 0.1) is 12.0 Å². The van der Waals surface area contributed by atoms with Crippen molar-refractivity contribution in [2.75, 3.05) is 13.7 Å². The highest BCUT2D eigenvalue weighted by molar-refractivity contribution is 7.89. The Bertz CT molecular complexity index is 1010. The molecule has 1 fully saturated rings. The molecule has 0 aromatic heterocycles. The van der Waals surface area contributed by atoms with Crippen LogP contribution >= 0.6 is 11.6 Å². The van der Waals surface area contributed by atoms with E-state index in [1.54, 1.807) is 31.4 Å². The number of methoxy groups -OCH3 is 1. The van der Waals surface area contributed by atoms with Crippen LogP contribution in [0.5, 0.6) is 5.75 Å². The summed E-state index contributed by atoms with van der Waals surface area (Å²) in [6.45, 7) is 4.83. The Morgan fingerprint density at radius 1 is 1.19 bits per heavy atom. The fraction of sp³-hybridized carbons (Fsp3) is 0.435. The fourth-order valence-corrected chi connectivity index (χ4v) is 5.63. The van der Waals surface area contributed by atoms with Gasteiger partial charge in [-0.3, -0.25) is 4.79 Å². The van der Waals surface area contributed by atoms with E-state index in [9.17, 15) is 13.2 Å². The molecule has 168 valence electrons. The van der Waals surface area contributed by atoms with Gasteiger partial charge >= 0.3 is 0 Å². The molecule has 0 radical (unpaired) electrons. The number of hydrogen-bond acceptors (Lipinski definition) is 4. The monoisotopic (exact) mass is 464 g/mol. The number of sulfonamides is 1. The predicted octanol–water partition coefficient (Wildman–Crippen LogP) is 4.09. The Morgan fingerprint density at radius 3 is 2.55 bits per heavy atom. The number of nitrogens with one attached hydrogen (secondary N) is 1. The van der Waals surface area contributed by atoms with Crippen LogP contribution in [0.2, 0.25) is 5.02 Å². The summed E-state index contributed by atoms with van der Waals surface area (Å²) in [5, 5.41) is 3.36. The first-order chi connectivity index (χ1) is 14.7. The average molecular weight is 465 g/mol. The number of rotatable bonds is 7. The molecule has 0 aliphatic carbocycles. The number of carbonyl (C=O) groups excluding carboxylic acids is 1. The van der Waals surface area contributed by atoms with Gasteiger partial charge in [-0.05, 0) is 66.6 Å². The van der Waals surface area contributed by atoms with Crippen molar-refractivity contribution in [3.05, 3.63) is 59.1 Å². The first-order valence-electron chi connectivity index (χ1n) is 10.4. The van der Waals surface area contributed by atoms with E-state index in [0.717, 1.165) is 12.0 Å².